The summed E-state index contributed by atoms with van der Waals surface area (Å²) < 4.78 is 5.63. The molecule has 0 aliphatic carbocycles. The first-order chi connectivity index (χ1) is 12.0. The maximum atomic E-state index is 12.2. The predicted octanol–water partition coefficient (Wildman–Crippen LogP) is 2.12. The van der Waals surface area contributed by atoms with Gasteiger partial charge in [0.05, 0.1) is 6.61 Å². The molecule has 0 heterocycles. The molecule has 2 amide bonds. The summed E-state index contributed by atoms with van der Waals surface area (Å²) in [5.74, 6) is -0.166. The van der Waals surface area contributed by atoms with Gasteiger partial charge in [-0.15, -0.1) is 0 Å². The van der Waals surface area contributed by atoms with Gasteiger partial charge in [0.25, 0.3) is 11.8 Å². The lowest BCUT2D eigenvalue weighted by Gasteiger charge is -2.15. The van der Waals surface area contributed by atoms with E-state index in [-0.39, 0.29) is 25.0 Å². The molecule has 0 saturated heterocycles. The largest absolute Gasteiger partial charge is 0.481 e. The van der Waals surface area contributed by atoms with Gasteiger partial charge in [-0.25, -0.2) is 0 Å². The molecule has 2 rings (SSSR count). The van der Waals surface area contributed by atoms with Crippen molar-refractivity contribution in [3.63, 3.8) is 0 Å². The molecule has 25 heavy (non-hydrogen) atoms. The zero-order valence-electron chi connectivity index (χ0n) is 14.3. The van der Waals surface area contributed by atoms with Gasteiger partial charge in [-0.1, -0.05) is 18.2 Å². The highest BCUT2D eigenvalue weighted by molar-refractivity contribution is 5.95. The third kappa shape index (κ3) is 5.61. The molecule has 0 saturated carbocycles. The molecule has 1 atom stereocenters. The summed E-state index contributed by atoms with van der Waals surface area (Å²) in [7, 11) is 0. The summed E-state index contributed by atoms with van der Waals surface area (Å²) in [6, 6.07) is 14.0. The van der Waals surface area contributed by atoms with Crippen LogP contribution in [0.3, 0.4) is 0 Å². The third-order valence-corrected chi connectivity index (χ3v) is 3.46. The Morgan fingerprint density at radius 2 is 1.92 bits per heavy atom. The van der Waals surface area contributed by atoms with Gasteiger partial charge in [-0.3, -0.25) is 9.59 Å². The number of rotatable bonds is 7. The van der Waals surface area contributed by atoms with E-state index in [1.807, 2.05) is 31.2 Å². The lowest BCUT2D eigenvalue weighted by molar-refractivity contribution is -0.122. The number of ether oxygens (including phenoxy) is 1. The smallest absolute Gasteiger partial charge is 0.265 e. The van der Waals surface area contributed by atoms with E-state index in [4.69, 9.17) is 9.84 Å². The summed E-state index contributed by atoms with van der Waals surface area (Å²) in [4.78, 5) is 24.1. The molecule has 2 aromatic carbocycles. The molecule has 6 heteroatoms. The zero-order chi connectivity index (χ0) is 18.2. The first kappa shape index (κ1) is 18.5. The molecule has 3 N–H and O–H groups in total. The number of aliphatic hydroxyl groups excluding tert-OH is 1. The maximum absolute atomic E-state index is 12.2. The van der Waals surface area contributed by atoms with Gasteiger partial charge in [0.2, 0.25) is 0 Å². The van der Waals surface area contributed by atoms with Crippen LogP contribution in [0.15, 0.2) is 48.5 Å². The third-order valence-electron chi connectivity index (χ3n) is 3.46. The fraction of sp³-hybridized carbons (Fsp3) is 0.263. The Labute approximate surface area is 146 Å². The summed E-state index contributed by atoms with van der Waals surface area (Å²) in [6.07, 6.45) is -0.726. The minimum atomic E-state index is -0.726. The van der Waals surface area contributed by atoms with Gasteiger partial charge in [0.1, 0.15) is 5.75 Å². The Hall–Kier alpha value is -2.86. The second-order valence-electron chi connectivity index (χ2n) is 5.63. The monoisotopic (exact) mass is 342 g/mol. The molecule has 0 spiro atoms. The van der Waals surface area contributed by atoms with E-state index in [1.165, 1.54) is 0 Å². The number of carbonyl (C=O) groups excluding carboxylic acids is 2. The van der Waals surface area contributed by atoms with Crippen molar-refractivity contribution in [2.45, 2.75) is 20.0 Å². The molecule has 132 valence electrons. The molecule has 0 aliphatic heterocycles. The number of hydrogen-bond donors (Lipinski definition) is 3. The molecule has 0 radical (unpaired) electrons. The molecule has 0 bridgehead atoms. The van der Waals surface area contributed by atoms with E-state index in [2.05, 4.69) is 10.6 Å². The second kappa shape index (κ2) is 8.84. The summed E-state index contributed by atoms with van der Waals surface area (Å²) in [5.41, 5.74) is 2.16. The first-order valence-corrected chi connectivity index (χ1v) is 8.03. The number of aliphatic hydroxyl groups is 1. The number of hydrogen-bond acceptors (Lipinski definition) is 4. The fourth-order valence-corrected chi connectivity index (χ4v) is 2.21. The van der Waals surface area contributed by atoms with Crippen LogP contribution in [0.1, 0.15) is 22.8 Å². The van der Waals surface area contributed by atoms with Crippen molar-refractivity contribution in [3.05, 3.63) is 59.7 Å². The average molecular weight is 342 g/mol. The zero-order valence-corrected chi connectivity index (χ0v) is 14.3. The molecule has 1 unspecified atom stereocenters. The lowest BCUT2D eigenvalue weighted by atomic mass is 10.2. The van der Waals surface area contributed by atoms with Crippen molar-refractivity contribution >= 4 is 17.5 Å². The molecular weight excluding hydrogens is 320 g/mol. The van der Waals surface area contributed by atoms with Crippen molar-refractivity contribution in [1.29, 1.82) is 0 Å². The van der Waals surface area contributed by atoms with Gasteiger partial charge in [0.15, 0.2) is 6.10 Å². The van der Waals surface area contributed by atoms with Crippen molar-refractivity contribution < 1.29 is 19.4 Å². The second-order valence-corrected chi connectivity index (χ2v) is 5.63. The number of benzene rings is 2. The van der Waals surface area contributed by atoms with Gasteiger partial charge in [-0.2, -0.15) is 0 Å². The van der Waals surface area contributed by atoms with Gasteiger partial charge >= 0.3 is 0 Å². The highest BCUT2D eigenvalue weighted by Gasteiger charge is 2.16. The minimum Gasteiger partial charge on any atom is -0.481 e. The van der Waals surface area contributed by atoms with E-state index < -0.39 is 6.10 Å². The summed E-state index contributed by atoms with van der Waals surface area (Å²) >= 11 is 0. The van der Waals surface area contributed by atoms with Gasteiger partial charge in [-0.05, 0) is 49.7 Å². The van der Waals surface area contributed by atoms with Crippen LogP contribution in [0.4, 0.5) is 5.69 Å². The standard InChI is InChI=1S/C19H22N2O4/c1-13-5-3-7-16(11-13)21-18(23)14(2)25-17-8-4-6-15(12-17)19(24)20-9-10-22/h3-8,11-12,14,22H,9-10H2,1-2H3,(H,20,24)(H,21,23). The van der Waals surface area contributed by atoms with Gasteiger partial charge in [0, 0.05) is 17.8 Å². The molecular formula is C19H22N2O4. The van der Waals surface area contributed by atoms with E-state index in [9.17, 15) is 9.59 Å². The topological polar surface area (TPSA) is 87.7 Å². The van der Waals surface area contributed by atoms with Crippen LogP contribution in [-0.4, -0.2) is 36.2 Å². The number of amides is 2. The average Bonchev–Trinajstić information content (AvgIpc) is 2.59. The quantitative estimate of drug-likeness (QED) is 0.719. The SMILES string of the molecule is Cc1cccc(NC(=O)C(C)Oc2cccc(C(=O)NCCO)c2)c1. The number of anilines is 1. The minimum absolute atomic E-state index is 0.127. The van der Waals surface area contributed by atoms with E-state index in [0.717, 1.165) is 5.56 Å². The Kier molecular flexibility index (Phi) is 6.54. The van der Waals surface area contributed by atoms with Crippen molar-refractivity contribution in [3.8, 4) is 5.75 Å². The fourth-order valence-electron chi connectivity index (χ4n) is 2.21. The van der Waals surface area contributed by atoms with Crippen LogP contribution in [0.25, 0.3) is 0 Å². The van der Waals surface area contributed by atoms with Crippen LogP contribution in [0.5, 0.6) is 5.75 Å². The number of nitrogens with one attached hydrogen (secondary N) is 2. The van der Waals surface area contributed by atoms with E-state index in [1.54, 1.807) is 31.2 Å². The van der Waals surface area contributed by atoms with Crippen LogP contribution in [0.2, 0.25) is 0 Å². The first-order valence-electron chi connectivity index (χ1n) is 8.03. The highest BCUT2D eigenvalue weighted by atomic mass is 16.5. The lowest BCUT2D eigenvalue weighted by Crippen LogP contribution is -2.30. The number of aryl methyl sites for hydroxylation is 1. The van der Waals surface area contributed by atoms with Gasteiger partial charge < -0.3 is 20.5 Å². The molecule has 0 aliphatic rings. The summed E-state index contributed by atoms with van der Waals surface area (Å²) in [6.45, 7) is 3.64. The Balaban J connectivity index is 1.98. The number of carbonyl (C=O) groups is 2. The predicted molar refractivity (Wildman–Crippen MR) is 95.8 cm³/mol. The van der Waals surface area contributed by atoms with Crippen LogP contribution in [-0.2, 0) is 4.79 Å². The van der Waals surface area contributed by atoms with Crippen molar-refractivity contribution in [2.24, 2.45) is 0 Å². The Morgan fingerprint density at radius 3 is 2.64 bits per heavy atom. The van der Waals surface area contributed by atoms with Crippen molar-refractivity contribution in [1.82, 2.24) is 5.32 Å². The molecule has 2 aromatic rings. The van der Waals surface area contributed by atoms with Crippen LogP contribution in [0, 0.1) is 6.92 Å². The van der Waals surface area contributed by atoms with Crippen LogP contribution < -0.4 is 15.4 Å². The van der Waals surface area contributed by atoms with Crippen LogP contribution >= 0.6 is 0 Å². The molecule has 0 fully saturated rings. The summed E-state index contributed by atoms with van der Waals surface area (Å²) in [5, 5.41) is 14.1. The Bertz CT molecular complexity index is 746. The van der Waals surface area contributed by atoms with E-state index in [0.29, 0.717) is 17.0 Å². The molecule has 6 nitrogen and oxygen atoms in total. The normalized spacial score (nSPS) is 11.5. The van der Waals surface area contributed by atoms with E-state index >= 15 is 0 Å². The maximum Gasteiger partial charge on any atom is 0.265 e. The molecule has 0 aromatic heterocycles. The van der Waals surface area contributed by atoms with Crippen molar-refractivity contribution in [2.75, 3.05) is 18.5 Å². The Morgan fingerprint density at radius 1 is 1.16 bits per heavy atom. The highest BCUT2D eigenvalue weighted by Crippen LogP contribution is 2.16.